The second kappa shape index (κ2) is 8.25. The molecule has 2 fully saturated rings. The molecule has 0 aliphatic carbocycles. The number of methoxy groups -OCH3 is 1. The van der Waals surface area contributed by atoms with Crippen molar-refractivity contribution in [3.05, 3.63) is 24.0 Å². The summed E-state index contributed by atoms with van der Waals surface area (Å²) in [5.74, 6) is -0.0913. The van der Waals surface area contributed by atoms with Crippen molar-refractivity contribution in [1.29, 1.82) is 0 Å². The molecule has 2 atom stereocenters. The van der Waals surface area contributed by atoms with Crippen LogP contribution in [0.3, 0.4) is 0 Å². The number of piperazine rings is 1. The van der Waals surface area contributed by atoms with Gasteiger partial charge in [-0.25, -0.2) is 4.39 Å². The Labute approximate surface area is 159 Å². The van der Waals surface area contributed by atoms with Crippen LogP contribution >= 0.6 is 0 Å². The van der Waals surface area contributed by atoms with Crippen LogP contribution in [-0.4, -0.2) is 68.0 Å². The Kier molecular flexibility index (Phi) is 5.99. The lowest BCUT2D eigenvalue weighted by Gasteiger charge is -2.36. The molecule has 2 unspecified atom stereocenters. The maximum absolute atomic E-state index is 13.6. The molecule has 0 N–H and O–H groups in total. The summed E-state index contributed by atoms with van der Waals surface area (Å²) in [6.45, 7) is 8.27. The van der Waals surface area contributed by atoms with Gasteiger partial charge in [-0.15, -0.1) is 0 Å². The van der Waals surface area contributed by atoms with Crippen LogP contribution in [0.4, 0.5) is 10.1 Å². The van der Waals surface area contributed by atoms with E-state index in [1.165, 1.54) is 17.0 Å². The highest BCUT2D eigenvalue weighted by Gasteiger charge is 2.41. The number of rotatable bonds is 6. The van der Waals surface area contributed by atoms with E-state index in [1.54, 1.807) is 13.2 Å². The van der Waals surface area contributed by atoms with Crippen LogP contribution in [0.2, 0.25) is 0 Å². The highest BCUT2D eigenvalue weighted by atomic mass is 19.1. The van der Waals surface area contributed by atoms with Gasteiger partial charge in [0.15, 0.2) is 0 Å². The molecule has 0 spiro atoms. The predicted molar refractivity (Wildman–Crippen MR) is 101 cm³/mol. The number of likely N-dealkylation sites (tertiary alicyclic amines) is 1. The Morgan fingerprint density at radius 1 is 1.04 bits per heavy atom. The van der Waals surface area contributed by atoms with Gasteiger partial charge in [-0.1, -0.05) is 13.8 Å². The number of carbonyl (C=O) groups excluding carboxylic acids is 2. The van der Waals surface area contributed by atoms with E-state index in [2.05, 4.69) is 9.80 Å². The largest absolute Gasteiger partial charge is 0.495 e. The average Bonchev–Trinajstić information content (AvgIpc) is 2.86. The van der Waals surface area contributed by atoms with Crippen molar-refractivity contribution < 1.29 is 18.7 Å². The van der Waals surface area contributed by atoms with Crippen LogP contribution in [0.5, 0.6) is 5.75 Å². The third-order valence-electron chi connectivity index (χ3n) is 5.77. The number of amides is 2. The maximum atomic E-state index is 13.6. The van der Waals surface area contributed by atoms with Crippen molar-refractivity contribution in [2.45, 2.75) is 20.3 Å². The Hall–Kier alpha value is -2.15. The molecule has 7 heteroatoms. The molecule has 2 aliphatic heterocycles. The third kappa shape index (κ3) is 4.08. The first-order valence-electron chi connectivity index (χ1n) is 9.58. The third-order valence-corrected chi connectivity index (χ3v) is 5.77. The van der Waals surface area contributed by atoms with E-state index in [0.717, 1.165) is 44.8 Å². The van der Waals surface area contributed by atoms with E-state index in [4.69, 9.17) is 4.74 Å². The first-order valence-corrected chi connectivity index (χ1v) is 9.58. The van der Waals surface area contributed by atoms with Crippen molar-refractivity contribution >= 4 is 17.5 Å². The molecule has 1 aromatic carbocycles. The lowest BCUT2D eigenvalue weighted by Crippen LogP contribution is -2.47. The quantitative estimate of drug-likeness (QED) is 0.710. The SMILES string of the molecule is COc1ccc(F)cc1N1CCN(CCCN2C(=O)C(C)C(C)C2=O)CC1. The zero-order valence-corrected chi connectivity index (χ0v) is 16.3. The van der Waals surface area contributed by atoms with Gasteiger partial charge in [-0.2, -0.15) is 0 Å². The van der Waals surface area contributed by atoms with Gasteiger partial charge < -0.3 is 9.64 Å². The summed E-state index contributed by atoms with van der Waals surface area (Å²) in [4.78, 5) is 30.2. The summed E-state index contributed by atoms with van der Waals surface area (Å²) in [5.41, 5.74) is 0.786. The molecule has 0 saturated carbocycles. The molecular weight excluding hydrogens is 349 g/mol. The zero-order valence-electron chi connectivity index (χ0n) is 16.3. The lowest BCUT2D eigenvalue weighted by atomic mass is 10.00. The van der Waals surface area contributed by atoms with E-state index in [1.807, 2.05) is 13.8 Å². The Bertz CT molecular complexity index is 684. The smallest absolute Gasteiger partial charge is 0.232 e. The maximum Gasteiger partial charge on any atom is 0.232 e. The molecule has 3 rings (SSSR count). The Morgan fingerprint density at radius 3 is 2.26 bits per heavy atom. The van der Waals surface area contributed by atoms with Crippen LogP contribution in [0, 0.1) is 17.7 Å². The lowest BCUT2D eigenvalue weighted by molar-refractivity contribution is -0.139. The summed E-state index contributed by atoms with van der Waals surface area (Å²) >= 11 is 0. The molecule has 148 valence electrons. The summed E-state index contributed by atoms with van der Waals surface area (Å²) in [6, 6.07) is 4.58. The van der Waals surface area contributed by atoms with Crippen molar-refractivity contribution in [2.24, 2.45) is 11.8 Å². The normalized spacial score (nSPS) is 24.0. The van der Waals surface area contributed by atoms with Gasteiger partial charge in [-0.3, -0.25) is 19.4 Å². The second-order valence-corrected chi connectivity index (χ2v) is 7.40. The van der Waals surface area contributed by atoms with Crippen molar-refractivity contribution in [2.75, 3.05) is 51.3 Å². The van der Waals surface area contributed by atoms with Crippen LogP contribution in [0.15, 0.2) is 18.2 Å². The molecule has 1 aromatic rings. The number of ether oxygens (including phenoxy) is 1. The molecule has 0 aromatic heterocycles. The number of hydrogen-bond acceptors (Lipinski definition) is 5. The summed E-state index contributed by atoms with van der Waals surface area (Å²) in [7, 11) is 1.59. The number of nitrogens with zero attached hydrogens (tertiary/aromatic N) is 3. The number of anilines is 1. The van der Waals surface area contributed by atoms with Crippen LogP contribution in [0.25, 0.3) is 0 Å². The highest BCUT2D eigenvalue weighted by molar-refractivity contribution is 6.04. The zero-order chi connectivity index (χ0) is 19.6. The van der Waals surface area contributed by atoms with Crippen LogP contribution in [0.1, 0.15) is 20.3 Å². The van der Waals surface area contributed by atoms with Gasteiger partial charge in [0.05, 0.1) is 12.8 Å². The Balaban J connectivity index is 1.47. The van der Waals surface area contributed by atoms with Gasteiger partial charge in [0, 0.05) is 50.6 Å². The summed E-state index contributed by atoms with van der Waals surface area (Å²) in [5, 5.41) is 0. The van der Waals surface area contributed by atoms with E-state index >= 15 is 0 Å². The van der Waals surface area contributed by atoms with E-state index in [9.17, 15) is 14.0 Å². The van der Waals surface area contributed by atoms with Crippen molar-refractivity contribution in [3.63, 3.8) is 0 Å². The molecule has 2 heterocycles. The molecule has 0 bridgehead atoms. The molecule has 2 saturated heterocycles. The molecule has 2 aliphatic rings. The van der Waals surface area contributed by atoms with Gasteiger partial charge in [0.1, 0.15) is 11.6 Å². The van der Waals surface area contributed by atoms with Crippen LogP contribution < -0.4 is 9.64 Å². The Morgan fingerprint density at radius 2 is 1.67 bits per heavy atom. The minimum Gasteiger partial charge on any atom is -0.495 e. The molecule has 0 radical (unpaired) electrons. The molecular formula is C20H28FN3O3. The molecule has 2 amide bonds. The van der Waals surface area contributed by atoms with Crippen LogP contribution in [-0.2, 0) is 9.59 Å². The van der Waals surface area contributed by atoms with Gasteiger partial charge in [-0.05, 0) is 25.1 Å². The molecule has 6 nitrogen and oxygen atoms in total. The summed E-state index contributed by atoms with van der Waals surface area (Å²) in [6.07, 6.45) is 0.778. The second-order valence-electron chi connectivity index (χ2n) is 7.40. The van der Waals surface area contributed by atoms with Gasteiger partial charge in [0.25, 0.3) is 0 Å². The average molecular weight is 377 g/mol. The number of carbonyl (C=O) groups is 2. The fraction of sp³-hybridized carbons (Fsp3) is 0.600. The first kappa shape index (κ1) is 19.6. The number of halogens is 1. The highest BCUT2D eigenvalue weighted by Crippen LogP contribution is 2.30. The number of imide groups is 1. The van der Waals surface area contributed by atoms with Gasteiger partial charge in [0.2, 0.25) is 11.8 Å². The van der Waals surface area contributed by atoms with Crippen molar-refractivity contribution in [3.8, 4) is 5.75 Å². The van der Waals surface area contributed by atoms with Gasteiger partial charge >= 0.3 is 0 Å². The first-order chi connectivity index (χ1) is 12.9. The summed E-state index contributed by atoms with van der Waals surface area (Å²) < 4.78 is 18.9. The number of benzene rings is 1. The standard InChI is InChI=1S/C20H28FN3O3/c1-14-15(2)20(26)24(19(14)25)8-4-7-22-9-11-23(12-10-22)17-13-16(21)5-6-18(17)27-3/h5-6,13-15H,4,7-12H2,1-3H3. The van der Waals surface area contributed by atoms with Crippen molar-refractivity contribution in [1.82, 2.24) is 9.80 Å². The minimum atomic E-state index is -0.267. The van der Waals surface area contributed by atoms with E-state index in [0.29, 0.717) is 12.3 Å². The fourth-order valence-electron chi connectivity index (χ4n) is 3.82. The molecule has 27 heavy (non-hydrogen) atoms. The topological polar surface area (TPSA) is 53.1 Å². The monoisotopic (exact) mass is 377 g/mol. The number of hydrogen-bond donors (Lipinski definition) is 0. The van der Waals surface area contributed by atoms with E-state index < -0.39 is 0 Å². The van der Waals surface area contributed by atoms with E-state index in [-0.39, 0.29) is 29.5 Å². The minimum absolute atomic E-state index is 0.0458. The fourth-order valence-corrected chi connectivity index (χ4v) is 3.82. The predicted octanol–water partition coefficient (Wildman–Crippen LogP) is 1.99.